The molecular weight excluding hydrogens is 438 g/mol. The second-order valence-electron chi connectivity index (χ2n) is 10.5. The Hall–Kier alpha value is -2.65. The number of amides is 3. The first kappa shape index (κ1) is 26.0. The van der Waals surface area contributed by atoms with Crippen LogP contribution in [0.15, 0.2) is 4.52 Å². The lowest BCUT2D eigenvalue weighted by Crippen LogP contribution is -2.47. The first-order valence-electron chi connectivity index (χ1n) is 12.5. The molecule has 0 bridgehead atoms. The number of alkyl carbamates (subject to hydrolysis) is 1. The normalized spacial score (nSPS) is 19.2. The molecule has 10 heteroatoms. The number of nitrogens with zero attached hydrogens (tertiary/aromatic N) is 3. The van der Waals surface area contributed by atoms with Gasteiger partial charge < -0.3 is 24.8 Å². The zero-order valence-electron chi connectivity index (χ0n) is 20.9. The van der Waals surface area contributed by atoms with Crippen molar-refractivity contribution in [2.24, 2.45) is 0 Å². The Bertz CT molecular complexity index is 846. The second kappa shape index (κ2) is 11.2. The van der Waals surface area contributed by atoms with Crippen LogP contribution in [0, 0.1) is 0 Å². The van der Waals surface area contributed by atoms with Crippen LogP contribution in [0.5, 0.6) is 0 Å². The van der Waals surface area contributed by atoms with Crippen LogP contribution in [-0.4, -0.2) is 57.7 Å². The molecular formula is C24H39N5O5. The molecule has 1 aromatic heterocycles. The van der Waals surface area contributed by atoms with E-state index in [1.54, 1.807) is 0 Å². The predicted octanol–water partition coefficient (Wildman–Crippen LogP) is 3.20. The number of rotatable bonds is 6. The molecule has 2 aliphatic rings. The van der Waals surface area contributed by atoms with E-state index in [1.807, 2.05) is 25.7 Å². The van der Waals surface area contributed by atoms with Crippen molar-refractivity contribution in [3.63, 3.8) is 0 Å². The Kier molecular flexibility index (Phi) is 8.54. The molecule has 0 radical (unpaired) electrons. The lowest BCUT2D eigenvalue weighted by Gasteiger charge is -2.32. The van der Waals surface area contributed by atoms with Gasteiger partial charge in [-0.15, -0.1) is 0 Å². The van der Waals surface area contributed by atoms with Gasteiger partial charge in [-0.3, -0.25) is 9.59 Å². The number of piperidine rings is 1. The van der Waals surface area contributed by atoms with Crippen LogP contribution in [0.3, 0.4) is 0 Å². The third-order valence-corrected chi connectivity index (χ3v) is 6.39. The molecule has 1 saturated carbocycles. The van der Waals surface area contributed by atoms with Crippen LogP contribution in [0.25, 0.3) is 0 Å². The van der Waals surface area contributed by atoms with E-state index in [4.69, 9.17) is 9.26 Å². The Labute approximate surface area is 201 Å². The van der Waals surface area contributed by atoms with Crippen molar-refractivity contribution in [3.05, 3.63) is 11.7 Å². The van der Waals surface area contributed by atoms with Gasteiger partial charge in [0.2, 0.25) is 17.7 Å². The van der Waals surface area contributed by atoms with Crippen LogP contribution < -0.4 is 10.6 Å². The summed E-state index contributed by atoms with van der Waals surface area (Å²) >= 11 is 0. The molecule has 2 fully saturated rings. The summed E-state index contributed by atoms with van der Waals surface area (Å²) in [5.41, 5.74) is -1.12. The number of aryl methyl sites for hydroxylation is 1. The van der Waals surface area contributed by atoms with Gasteiger partial charge >= 0.3 is 6.09 Å². The molecule has 2 N–H and O–H groups in total. The maximum atomic E-state index is 12.7. The quantitative estimate of drug-likeness (QED) is 0.602. The standard InChI is InChI=1S/C24H39N5O5/c1-17(30)27-24(13-7-5-6-8-14-24)21-26-19(34-28-21)9-10-20(31)29-15-11-18(12-16-29)25-22(32)33-23(2,3)4/h18H,5-16H2,1-4H3,(H,25,32)(H,27,30). The van der Waals surface area contributed by atoms with Gasteiger partial charge in [-0.2, -0.15) is 4.98 Å². The lowest BCUT2D eigenvalue weighted by molar-refractivity contribution is -0.132. The molecule has 2 heterocycles. The van der Waals surface area contributed by atoms with Gasteiger partial charge in [-0.05, 0) is 46.5 Å². The van der Waals surface area contributed by atoms with Crippen LogP contribution in [0.2, 0.25) is 0 Å². The maximum Gasteiger partial charge on any atom is 0.407 e. The molecule has 1 aliphatic carbocycles. The predicted molar refractivity (Wildman–Crippen MR) is 125 cm³/mol. The van der Waals surface area contributed by atoms with E-state index >= 15 is 0 Å². The number of nitrogens with one attached hydrogen (secondary N) is 2. The van der Waals surface area contributed by atoms with Crippen molar-refractivity contribution in [1.29, 1.82) is 0 Å². The molecule has 0 atom stereocenters. The molecule has 3 amide bonds. The highest BCUT2D eigenvalue weighted by Crippen LogP contribution is 2.34. The third kappa shape index (κ3) is 7.43. The van der Waals surface area contributed by atoms with Crippen molar-refractivity contribution in [1.82, 2.24) is 25.7 Å². The van der Waals surface area contributed by atoms with Gasteiger partial charge in [0.1, 0.15) is 11.1 Å². The summed E-state index contributed by atoms with van der Waals surface area (Å²) in [6.07, 6.45) is 7.43. The van der Waals surface area contributed by atoms with E-state index in [2.05, 4.69) is 20.8 Å². The summed E-state index contributed by atoms with van der Waals surface area (Å²) in [5, 5.41) is 10.1. The minimum Gasteiger partial charge on any atom is -0.444 e. The molecule has 1 aliphatic heterocycles. The highest BCUT2D eigenvalue weighted by atomic mass is 16.6. The van der Waals surface area contributed by atoms with E-state index in [1.165, 1.54) is 6.92 Å². The fourth-order valence-corrected chi connectivity index (χ4v) is 4.74. The average Bonchev–Trinajstić information content (AvgIpc) is 3.11. The van der Waals surface area contributed by atoms with Crippen molar-refractivity contribution in [2.45, 2.75) is 109 Å². The number of carbonyl (C=O) groups excluding carboxylic acids is 3. The Balaban J connectivity index is 1.48. The largest absolute Gasteiger partial charge is 0.444 e. The first-order chi connectivity index (χ1) is 16.1. The van der Waals surface area contributed by atoms with Gasteiger partial charge in [0.25, 0.3) is 0 Å². The van der Waals surface area contributed by atoms with Crippen molar-refractivity contribution in [3.8, 4) is 0 Å². The monoisotopic (exact) mass is 477 g/mol. The van der Waals surface area contributed by atoms with Gasteiger partial charge in [0.15, 0.2) is 5.82 Å². The van der Waals surface area contributed by atoms with Gasteiger partial charge in [0.05, 0.1) is 0 Å². The lowest BCUT2D eigenvalue weighted by atomic mass is 9.89. The highest BCUT2D eigenvalue weighted by Gasteiger charge is 2.38. The first-order valence-corrected chi connectivity index (χ1v) is 12.5. The van der Waals surface area contributed by atoms with Crippen molar-refractivity contribution >= 4 is 17.9 Å². The minimum absolute atomic E-state index is 0.00180. The number of carbonyl (C=O) groups is 3. The number of likely N-dealkylation sites (tertiary alicyclic amines) is 1. The summed E-state index contributed by atoms with van der Waals surface area (Å²) in [7, 11) is 0. The smallest absolute Gasteiger partial charge is 0.407 e. The summed E-state index contributed by atoms with van der Waals surface area (Å²) in [5.74, 6) is 0.856. The fraction of sp³-hybridized carbons (Fsp3) is 0.792. The third-order valence-electron chi connectivity index (χ3n) is 6.39. The van der Waals surface area contributed by atoms with Crippen molar-refractivity contribution < 1.29 is 23.6 Å². The molecule has 190 valence electrons. The van der Waals surface area contributed by atoms with E-state index in [0.717, 1.165) is 38.5 Å². The summed E-state index contributed by atoms with van der Waals surface area (Å²) < 4.78 is 10.8. The molecule has 0 aromatic carbocycles. The van der Waals surface area contributed by atoms with Crippen LogP contribution in [0.1, 0.15) is 97.2 Å². The van der Waals surface area contributed by atoms with Gasteiger partial charge in [-0.25, -0.2) is 4.79 Å². The van der Waals surface area contributed by atoms with Crippen LogP contribution in [0.4, 0.5) is 4.79 Å². The van der Waals surface area contributed by atoms with Gasteiger partial charge in [0, 0.05) is 38.9 Å². The van der Waals surface area contributed by atoms with Crippen molar-refractivity contribution in [2.75, 3.05) is 13.1 Å². The zero-order chi connectivity index (χ0) is 24.8. The van der Waals surface area contributed by atoms with E-state index in [-0.39, 0.29) is 24.3 Å². The average molecular weight is 478 g/mol. The molecule has 0 spiro atoms. The van der Waals surface area contributed by atoms with E-state index < -0.39 is 17.2 Å². The summed E-state index contributed by atoms with van der Waals surface area (Å²) in [6.45, 7) is 8.17. The number of ether oxygens (including phenoxy) is 1. The van der Waals surface area contributed by atoms with Gasteiger partial charge in [-0.1, -0.05) is 30.8 Å². The zero-order valence-corrected chi connectivity index (χ0v) is 20.9. The highest BCUT2D eigenvalue weighted by molar-refractivity contribution is 5.76. The Morgan fingerprint density at radius 3 is 2.35 bits per heavy atom. The van der Waals surface area contributed by atoms with E-state index in [0.29, 0.717) is 44.1 Å². The summed E-state index contributed by atoms with van der Waals surface area (Å²) in [6, 6.07) is 0.00180. The molecule has 3 rings (SSSR count). The summed E-state index contributed by atoms with van der Waals surface area (Å²) in [4.78, 5) is 42.9. The fourth-order valence-electron chi connectivity index (χ4n) is 4.74. The molecule has 10 nitrogen and oxygen atoms in total. The second-order valence-corrected chi connectivity index (χ2v) is 10.5. The van der Waals surface area contributed by atoms with Crippen LogP contribution >= 0.6 is 0 Å². The SMILES string of the molecule is CC(=O)NC1(c2noc(CCC(=O)N3CCC(NC(=O)OC(C)(C)C)CC3)n2)CCCCCC1. The Morgan fingerprint density at radius 1 is 1.12 bits per heavy atom. The number of hydrogen-bond donors (Lipinski definition) is 2. The maximum absolute atomic E-state index is 12.7. The van der Waals surface area contributed by atoms with E-state index in [9.17, 15) is 14.4 Å². The van der Waals surface area contributed by atoms with Crippen LogP contribution in [-0.2, 0) is 26.3 Å². The molecule has 34 heavy (non-hydrogen) atoms. The molecule has 0 unspecified atom stereocenters. The minimum atomic E-state index is -0.586. The molecule has 1 saturated heterocycles. The Morgan fingerprint density at radius 2 is 1.76 bits per heavy atom. The number of hydrogen-bond acceptors (Lipinski definition) is 7. The molecule has 1 aromatic rings. The topological polar surface area (TPSA) is 127 Å². The number of aromatic nitrogens is 2.